The van der Waals surface area contributed by atoms with E-state index in [-0.39, 0.29) is 4.47 Å². The number of halogens is 6. The second-order valence-corrected chi connectivity index (χ2v) is 3.51. The zero-order valence-electron chi connectivity index (χ0n) is 6.33. The van der Waals surface area contributed by atoms with Gasteiger partial charge < -0.3 is 4.74 Å². The van der Waals surface area contributed by atoms with E-state index in [1.54, 1.807) is 0 Å². The lowest BCUT2D eigenvalue weighted by Gasteiger charge is -2.09. The van der Waals surface area contributed by atoms with Crippen LogP contribution in [0, 0.1) is 5.82 Å². The van der Waals surface area contributed by atoms with Crippen LogP contribution < -0.4 is 4.74 Å². The van der Waals surface area contributed by atoms with Crippen molar-refractivity contribution in [2.45, 2.75) is 6.36 Å². The van der Waals surface area contributed by atoms with Crippen LogP contribution in [0.4, 0.5) is 17.6 Å². The van der Waals surface area contributed by atoms with Crippen molar-refractivity contribution in [3.05, 3.63) is 27.4 Å². The summed E-state index contributed by atoms with van der Waals surface area (Å²) < 4.78 is 51.4. The van der Waals surface area contributed by atoms with Gasteiger partial charge in [-0.1, -0.05) is 11.6 Å². The van der Waals surface area contributed by atoms with E-state index in [0.29, 0.717) is 0 Å². The summed E-state index contributed by atoms with van der Waals surface area (Å²) in [6, 6.07) is 1.59. The van der Waals surface area contributed by atoms with Crippen molar-refractivity contribution < 1.29 is 22.3 Å². The maximum atomic E-state index is 12.8. The minimum Gasteiger partial charge on any atom is -0.406 e. The molecule has 1 rings (SSSR count). The molecular formula is C7H2BrClF4O. The lowest BCUT2D eigenvalue weighted by atomic mass is 10.3. The summed E-state index contributed by atoms with van der Waals surface area (Å²) in [6.07, 6.45) is -4.82. The molecule has 0 aliphatic rings. The van der Waals surface area contributed by atoms with Crippen LogP contribution in [0.1, 0.15) is 0 Å². The number of rotatable bonds is 1. The summed E-state index contributed by atoms with van der Waals surface area (Å²) in [5.74, 6) is -1.41. The molecule has 1 aromatic rings. The van der Waals surface area contributed by atoms with Crippen LogP contribution >= 0.6 is 27.5 Å². The Bertz CT molecular complexity index is 329. The summed E-state index contributed by atoms with van der Waals surface area (Å²) in [7, 11) is 0. The van der Waals surface area contributed by atoms with Gasteiger partial charge in [-0.3, -0.25) is 0 Å². The lowest BCUT2D eigenvalue weighted by molar-refractivity contribution is -0.274. The Balaban J connectivity index is 3.02. The van der Waals surface area contributed by atoms with Crippen LogP contribution in [0.25, 0.3) is 0 Å². The molecule has 0 saturated carbocycles. The number of hydrogen-bond donors (Lipinski definition) is 0. The first-order valence-corrected chi connectivity index (χ1v) is 4.37. The van der Waals surface area contributed by atoms with Crippen molar-refractivity contribution in [1.29, 1.82) is 0 Å². The van der Waals surface area contributed by atoms with Gasteiger partial charge in [0, 0.05) is 6.07 Å². The maximum absolute atomic E-state index is 12.8. The Morgan fingerprint density at radius 3 is 2.29 bits per heavy atom. The fourth-order valence-corrected chi connectivity index (χ4v) is 1.49. The molecule has 0 unspecified atom stereocenters. The number of ether oxygens (including phenoxy) is 1. The third-order valence-corrected chi connectivity index (χ3v) is 2.04. The molecule has 0 aliphatic carbocycles. The molecule has 0 spiro atoms. The van der Waals surface area contributed by atoms with Gasteiger partial charge in [-0.05, 0) is 22.0 Å². The van der Waals surface area contributed by atoms with Crippen LogP contribution in [0.3, 0.4) is 0 Å². The zero-order valence-corrected chi connectivity index (χ0v) is 8.67. The van der Waals surface area contributed by atoms with E-state index in [0.717, 1.165) is 12.1 Å². The SMILES string of the molecule is Fc1c(Cl)cc(OC(F)(F)F)cc1Br. The second-order valence-electron chi connectivity index (χ2n) is 2.25. The normalized spacial score (nSPS) is 11.6. The van der Waals surface area contributed by atoms with Crippen molar-refractivity contribution in [3.63, 3.8) is 0 Å². The standard InChI is InChI=1S/C7H2BrClF4O/c8-4-1-3(14-7(11,12)13)2-5(9)6(4)10/h1-2H. The Kier molecular flexibility index (Phi) is 3.26. The number of benzene rings is 1. The second kappa shape index (κ2) is 3.94. The van der Waals surface area contributed by atoms with Gasteiger partial charge in [0.05, 0.1) is 9.50 Å². The molecule has 0 N–H and O–H groups in total. The van der Waals surface area contributed by atoms with E-state index in [1.165, 1.54) is 0 Å². The van der Waals surface area contributed by atoms with Crippen LogP contribution in [0.5, 0.6) is 5.75 Å². The van der Waals surface area contributed by atoms with E-state index in [4.69, 9.17) is 11.6 Å². The monoisotopic (exact) mass is 292 g/mol. The maximum Gasteiger partial charge on any atom is 0.573 e. The summed E-state index contributed by atoms with van der Waals surface area (Å²) >= 11 is 7.99. The average Bonchev–Trinajstić information content (AvgIpc) is 1.96. The van der Waals surface area contributed by atoms with Crippen molar-refractivity contribution in [2.75, 3.05) is 0 Å². The molecule has 78 valence electrons. The Labute approximate surface area is 89.7 Å². The molecule has 1 aromatic carbocycles. The van der Waals surface area contributed by atoms with Crippen LogP contribution in [0.2, 0.25) is 5.02 Å². The first-order valence-electron chi connectivity index (χ1n) is 3.20. The summed E-state index contributed by atoms with van der Waals surface area (Å²) in [4.78, 5) is 0. The smallest absolute Gasteiger partial charge is 0.406 e. The molecule has 0 saturated heterocycles. The van der Waals surface area contributed by atoms with Gasteiger partial charge in [-0.15, -0.1) is 13.2 Å². The first-order chi connectivity index (χ1) is 6.29. The topological polar surface area (TPSA) is 9.23 Å². The molecule has 1 nitrogen and oxygen atoms in total. The zero-order chi connectivity index (χ0) is 10.9. The van der Waals surface area contributed by atoms with Crippen molar-refractivity contribution in [2.24, 2.45) is 0 Å². The van der Waals surface area contributed by atoms with Crippen molar-refractivity contribution >= 4 is 27.5 Å². The number of alkyl halides is 3. The molecule has 0 aromatic heterocycles. The Morgan fingerprint density at radius 2 is 1.86 bits per heavy atom. The van der Waals surface area contributed by atoms with Crippen molar-refractivity contribution in [1.82, 2.24) is 0 Å². The molecule has 7 heteroatoms. The summed E-state index contributed by atoms with van der Waals surface area (Å²) in [5.41, 5.74) is 0. The van der Waals surface area contributed by atoms with E-state index in [1.807, 2.05) is 0 Å². The summed E-state index contributed by atoms with van der Waals surface area (Å²) in [6.45, 7) is 0. The van der Waals surface area contributed by atoms with Gasteiger partial charge in [0.1, 0.15) is 5.75 Å². The highest BCUT2D eigenvalue weighted by Gasteiger charge is 2.31. The highest BCUT2D eigenvalue weighted by atomic mass is 79.9. The third kappa shape index (κ3) is 3.02. The van der Waals surface area contributed by atoms with E-state index < -0.39 is 23.0 Å². The van der Waals surface area contributed by atoms with Gasteiger partial charge >= 0.3 is 6.36 Å². The first kappa shape index (κ1) is 11.6. The molecule has 14 heavy (non-hydrogen) atoms. The fourth-order valence-electron chi connectivity index (χ4n) is 0.725. The van der Waals surface area contributed by atoms with Gasteiger partial charge in [-0.2, -0.15) is 0 Å². The molecule has 0 atom stereocenters. The molecule has 0 fully saturated rings. The predicted molar refractivity (Wildman–Crippen MR) is 45.8 cm³/mol. The third-order valence-electron chi connectivity index (χ3n) is 1.19. The quantitative estimate of drug-likeness (QED) is 0.558. The predicted octanol–water partition coefficient (Wildman–Crippen LogP) is 4.14. The lowest BCUT2D eigenvalue weighted by Crippen LogP contribution is -2.17. The van der Waals surface area contributed by atoms with Gasteiger partial charge in [0.25, 0.3) is 0 Å². The van der Waals surface area contributed by atoms with Gasteiger partial charge in [-0.25, -0.2) is 4.39 Å². The van der Waals surface area contributed by atoms with E-state index >= 15 is 0 Å². The van der Waals surface area contributed by atoms with E-state index in [2.05, 4.69) is 20.7 Å². The Hall–Kier alpha value is -0.490. The molecular weight excluding hydrogens is 291 g/mol. The molecule has 0 radical (unpaired) electrons. The van der Waals surface area contributed by atoms with E-state index in [9.17, 15) is 17.6 Å². The Morgan fingerprint density at radius 1 is 1.29 bits per heavy atom. The van der Waals surface area contributed by atoms with Crippen LogP contribution in [-0.4, -0.2) is 6.36 Å². The van der Waals surface area contributed by atoms with Crippen LogP contribution in [0.15, 0.2) is 16.6 Å². The molecule has 0 amide bonds. The summed E-state index contributed by atoms with van der Waals surface area (Å²) in [5, 5.41) is -0.446. The van der Waals surface area contributed by atoms with Crippen molar-refractivity contribution in [3.8, 4) is 5.75 Å². The number of hydrogen-bond acceptors (Lipinski definition) is 1. The van der Waals surface area contributed by atoms with Gasteiger partial charge in [0.15, 0.2) is 5.82 Å². The highest BCUT2D eigenvalue weighted by Crippen LogP contribution is 2.31. The average molecular weight is 293 g/mol. The largest absolute Gasteiger partial charge is 0.573 e. The van der Waals surface area contributed by atoms with Gasteiger partial charge in [0.2, 0.25) is 0 Å². The highest BCUT2D eigenvalue weighted by molar-refractivity contribution is 9.10. The molecule has 0 aliphatic heterocycles. The van der Waals surface area contributed by atoms with Crippen LogP contribution in [-0.2, 0) is 0 Å². The fraction of sp³-hybridized carbons (Fsp3) is 0.143. The minimum atomic E-state index is -4.82. The minimum absolute atomic E-state index is 0.191. The molecule has 0 bridgehead atoms. The molecule has 0 heterocycles.